The SMILES string of the molecule is CCOc1cc(C)c(NC(=O)C2CC2)cc1C. The lowest BCUT2D eigenvalue weighted by atomic mass is 10.1. The topological polar surface area (TPSA) is 38.3 Å². The molecule has 0 unspecified atom stereocenters. The Labute approximate surface area is 102 Å². The number of aryl methyl sites for hydroxylation is 2. The third-order valence-corrected chi connectivity index (χ3v) is 3.03. The van der Waals surface area contributed by atoms with Crippen LogP contribution in [0.25, 0.3) is 0 Å². The van der Waals surface area contributed by atoms with Crippen molar-refractivity contribution < 1.29 is 9.53 Å². The molecule has 1 saturated carbocycles. The Balaban J connectivity index is 2.16. The molecule has 0 heterocycles. The standard InChI is InChI=1S/C14H19NO2/c1-4-17-13-8-9(2)12(7-10(13)3)15-14(16)11-5-6-11/h7-8,11H,4-6H2,1-3H3,(H,15,16). The van der Waals surface area contributed by atoms with Gasteiger partial charge >= 0.3 is 0 Å². The van der Waals surface area contributed by atoms with E-state index in [1.807, 2.05) is 32.9 Å². The van der Waals surface area contributed by atoms with Gasteiger partial charge in [0.15, 0.2) is 0 Å². The quantitative estimate of drug-likeness (QED) is 0.868. The van der Waals surface area contributed by atoms with E-state index in [-0.39, 0.29) is 11.8 Å². The van der Waals surface area contributed by atoms with Crippen LogP contribution < -0.4 is 10.1 Å². The summed E-state index contributed by atoms with van der Waals surface area (Å²) < 4.78 is 5.52. The maximum Gasteiger partial charge on any atom is 0.227 e. The van der Waals surface area contributed by atoms with Gasteiger partial charge in [-0.05, 0) is 56.9 Å². The van der Waals surface area contributed by atoms with Gasteiger partial charge in [-0.15, -0.1) is 0 Å². The number of ether oxygens (including phenoxy) is 1. The number of carbonyl (C=O) groups excluding carboxylic acids is 1. The molecular weight excluding hydrogens is 214 g/mol. The molecule has 1 aromatic carbocycles. The van der Waals surface area contributed by atoms with E-state index in [1.165, 1.54) is 0 Å². The molecule has 3 heteroatoms. The van der Waals surface area contributed by atoms with Gasteiger partial charge in [0.1, 0.15) is 5.75 Å². The average Bonchev–Trinajstić information content (AvgIpc) is 3.09. The third kappa shape index (κ3) is 2.78. The van der Waals surface area contributed by atoms with Crippen LogP contribution in [0.15, 0.2) is 12.1 Å². The predicted octanol–water partition coefficient (Wildman–Crippen LogP) is 3.05. The minimum Gasteiger partial charge on any atom is -0.494 e. The Bertz CT molecular complexity index is 436. The largest absolute Gasteiger partial charge is 0.494 e. The lowest BCUT2D eigenvalue weighted by molar-refractivity contribution is -0.117. The van der Waals surface area contributed by atoms with Crippen LogP contribution in [0, 0.1) is 19.8 Å². The molecule has 2 rings (SSSR count). The Morgan fingerprint density at radius 3 is 2.65 bits per heavy atom. The van der Waals surface area contributed by atoms with Crippen molar-refractivity contribution in [3.8, 4) is 5.75 Å². The van der Waals surface area contributed by atoms with Crippen LogP contribution in [0.5, 0.6) is 5.75 Å². The second kappa shape index (κ2) is 4.78. The number of carbonyl (C=O) groups is 1. The minimum absolute atomic E-state index is 0.150. The summed E-state index contributed by atoms with van der Waals surface area (Å²) in [5.74, 6) is 1.28. The van der Waals surface area contributed by atoms with E-state index in [2.05, 4.69) is 5.32 Å². The Kier molecular flexibility index (Phi) is 3.36. The van der Waals surface area contributed by atoms with Crippen LogP contribution in [0.3, 0.4) is 0 Å². The summed E-state index contributed by atoms with van der Waals surface area (Å²) in [6.45, 7) is 6.62. The van der Waals surface area contributed by atoms with Gasteiger partial charge in [0.2, 0.25) is 5.91 Å². The first kappa shape index (κ1) is 12.0. The summed E-state index contributed by atoms with van der Waals surface area (Å²) in [4.78, 5) is 11.7. The molecule has 1 amide bonds. The van der Waals surface area contributed by atoms with Crippen molar-refractivity contribution in [2.45, 2.75) is 33.6 Å². The number of hydrogen-bond acceptors (Lipinski definition) is 2. The lowest BCUT2D eigenvalue weighted by Crippen LogP contribution is -2.14. The molecule has 92 valence electrons. The molecule has 0 aromatic heterocycles. The normalized spacial score (nSPS) is 14.5. The Morgan fingerprint density at radius 2 is 2.06 bits per heavy atom. The van der Waals surface area contributed by atoms with Gasteiger partial charge in [0.05, 0.1) is 6.61 Å². The van der Waals surface area contributed by atoms with Gasteiger partial charge in [0, 0.05) is 11.6 Å². The monoisotopic (exact) mass is 233 g/mol. The van der Waals surface area contributed by atoms with Gasteiger partial charge in [-0.3, -0.25) is 4.79 Å². The molecule has 1 aromatic rings. The molecule has 17 heavy (non-hydrogen) atoms. The first-order valence-electron chi connectivity index (χ1n) is 6.16. The zero-order chi connectivity index (χ0) is 12.4. The van der Waals surface area contributed by atoms with Gasteiger partial charge in [-0.25, -0.2) is 0 Å². The number of nitrogens with one attached hydrogen (secondary N) is 1. The number of benzene rings is 1. The van der Waals surface area contributed by atoms with Crippen LogP contribution in [0.1, 0.15) is 30.9 Å². The fourth-order valence-electron chi connectivity index (χ4n) is 1.82. The van der Waals surface area contributed by atoms with E-state index in [4.69, 9.17) is 4.74 Å². The molecule has 1 aliphatic rings. The summed E-state index contributed by atoms with van der Waals surface area (Å²) in [7, 11) is 0. The zero-order valence-corrected chi connectivity index (χ0v) is 10.7. The van der Waals surface area contributed by atoms with E-state index in [9.17, 15) is 4.79 Å². The average molecular weight is 233 g/mol. The number of rotatable bonds is 4. The predicted molar refractivity (Wildman–Crippen MR) is 68.4 cm³/mol. The smallest absolute Gasteiger partial charge is 0.227 e. The maximum atomic E-state index is 11.7. The van der Waals surface area contributed by atoms with Crippen molar-refractivity contribution in [1.29, 1.82) is 0 Å². The van der Waals surface area contributed by atoms with Crippen molar-refractivity contribution >= 4 is 11.6 Å². The van der Waals surface area contributed by atoms with Crippen LogP contribution in [0.4, 0.5) is 5.69 Å². The summed E-state index contributed by atoms with van der Waals surface area (Å²) in [5.41, 5.74) is 3.01. The first-order valence-corrected chi connectivity index (χ1v) is 6.16. The van der Waals surface area contributed by atoms with Gasteiger partial charge in [-0.1, -0.05) is 0 Å². The molecule has 0 bridgehead atoms. The molecule has 0 aliphatic heterocycles. The van der Waals surface area contributed by atoms with Crippen molar-refractivity contribution in [3.05, 3.63) is 23.3 Å². The first-order chi connectivity index (χ1) is 8.11. The highest BCUT2D eigenvalue weighted by Crippen LogP contribution is 2.32. The fourth-order valence-corrected chi connectivity index (χ4v) is 1.82. The molecule has 0 atom stereocenters. The third-order valence-electron chi connectivity index (χ3n) is 3.03. The second-order valence-electron chi connectivity index (χ2n) is 4.63. The second-order valence-corrected chi connectivity index (χ2v) is 4.63. The van der Waals surface area contributed by atoms with Crippen LogP contribution >= 0.6 is 0 Å². The molecular formula is C14H19NO2. The van der Waals surface area contributed by atoms with Crippen molar-refractivity contribution in [1.82, 2.24) is 0 Å². The number of anilines is 1. The summed E-state index contributed by atoms with van der Waals surface area (Å²) in [5, 5.41) is 2.99. The summed E-state index contributed by atoms with van der Waals surface area (Å²) in [6.07, 6.45) is 2.06. The van der Waals surface area contributed by atoms with E-state index in [0.29, 0.717) is 6.61 Å². The highest BCUT2D eigenvalue weighted by molar-refractivity contribution is 5.94. The molecule has 0 saturated heterocycles. The van der Waals surface area contributed by atoms with E-state index in [1.54, 1.807) is 0 Å². The van der Waals surface area contributed by atoms with E-state index >= 15 is 0 Å². The Hall–Kier alpha value is -1.51. The van der Waals surface area contributed by atoms with Crippen LogP contribution in [-0.4, -0.2) is 12.5 Å². The molecule has 1 aliphatic carbocycles. The summed E-state index contributed by atoms with van der Waals surface area (Å²) >= 11 is 0. The minimum atomic E-state index is 0.150. The zero-order valence-electron chi connectivity index (χ0n) is 10.7. The lowest BCUT2D eigenvalue weighted by Gasteiger charge is -2.13. The van der Waals surface area contributed by atoms with Gasteiger partial charge in [0.25, 0.3) is 0 Å². The van der Waals surface area contributed by atoms with Gasteiger partial charge < -0.3 is 10.1 Å². The van der Waals surface area contributed by atoms with Crippen molar-refractivity contribution in [2.24, 2.45) is 5.92 Å². The maximum absolute atomic E-state index is 11.7. The van der Waals surface area contributed by atoms with Gasteiger partial charge in [-0.2, -0.15) is 0 Å². The molecule has 0 radical (unpaired) electrons. The summed E-state index contributed by atoms with van der Waals surface area (Å²) in [6, 6.07) is 3.97. The van der Waals surface area contributed by atoms with Crippen molar-refractivity contribution in [2.75, 3.05) is 11.9 Å². The highest BCUT2D eigenvalue weighted by atomic mass is 16.5. The Morgan fingerprint density at radius 1 is 1.35 bits per heavy atom. The van der Waals surface area contributed by atoms with Crippen molar-refractivity contribution in [3.63, 3.8) is 0 Å². The number of hydrogen-bond donors (Lipinski definition) is 1. The van der Waals surface area contributed by atoms with Crippen LogP contribution in [-0.2, 0) is 4.79 Å². The highest BCUT2D eigenvalue weighted by Gasteiger charge is 2.29. The van der Waals surface area contributed by atoms with E-state index < -0.39 is 0 Å². The molecule has 1 N–H and O–H groups in total. The molecule has 1 fully saturated rings. The molecule has 3 nitrogen and oxygen atoms in total. The molecule has 0 spiro atoms. The van der Waals surface area contributed by atoms with Crippen LogP contribution in [0.2, 0.25) is 0 Å². The van der Waals surface area contributed by atoms with E-state index in [0.717, 1.165) is 35.4 Å². The number of amides is 1. The fraction of sp³-hybridized carbons (Fsp3) is 0.500.